The number of carbonyl (C=O) groups excluding carboxylic acids is 1. The number of aromatic nitrogens is 1. The fourth-order valence-electron chi connectivity index (χ4n) is 0.749. The van der Waals surface area contributed by atoms with Crippen molar-refractivity contribution >= 4 is 33.0 Å². The van der Waals surface area contributed by atoms with Gasteiger partial charge in [0.1, 0.15) is 0 Å². The third kappa shape index (κ3) is 2.92. The van der Waals surface area contributed by atoms with Crippen LogP contribution in [0.5, 0.6) is 0 Å². The Morgan fingerprint density at radius 1 is 1.64 bits per heavy atom. The molecule has 1 aromatic heterocycles. The zero-order chi connectivity index (χ0) is 10.7. The first-order chi connectivity index (χ1) is 6.50. The van der Waals surface area contributed by atoms with E-state index in [0.29, 0.717) is 5.01 Å². The lowest BCUT2D eigenvalue weighted by atomic mass is 10.3. The zero-order valence-corrected chi connectivity index (χ0v) is 10.6. The number of ketones is 1. The number of nitrogens with zero attached hydrogens (tertiary/aromatic N) is 2. The zero-order valence-electron chi connectivity index (χ0n) is 8.24. The average molecular weight is 275 g/mol. The first-order valence-electron chi connectivity index (χ1n) is 4.02. The van der Waals surface area contributed by atoms with Crippen molar-refractivity contribution in [2.75, 3.05) is 14.1 Å². The number of thiazole rings is 1. The van der Waals surface area contributed by atoms with Crippen molar-refractivity contribution in [3.05, 3.63) is 26.8 Å². The van der Waals surface area contributed by atoms with Gasteiger partial charge in [-0.15, -0.1) is 11.3 Å². The minimum absolute atomic E-state index is 0.0492. The van der Waals surface area contributed by atoms with Crippen molar-refractivity contribution in [3.63, 3.8) is 0 Å². The normalized spacial score (nSPS) is 11.6. The van der Waals surface area contributed by atoms with E-state index in [1.54, 1.807) is 12.3 Å². The second-order valence-corrected chi connectivity index (χ2v) is 5.42. The van der Waals surface area contributed by atoms with Gasteiger partial charge in [0.2, 0.25) is 5.78 Å². The van der Waals surface area contributed by atoms with Gasteiger partial charge in [-0.3, -0.25) is 4.79 Å². The van der Waals surface area contributed by atoms with Gasteiger partial charge in [-0.1, -0.05) is 0 Å². The maximum atomic E-state index is 11.6. The van der Waals surface area contributed by atoms with Gasteiger partial charge >= 0.3 is 0 Å². The fraction of sp³-hybridized carbons (Fsp3) is 0.333. The summed E-state index contributed by atoms with van der Waals surface area (Å²) >= 11 is 4.61. The minimum Gasteiger partial charge on any atom is -0.381 e. The molecule has 0 radical (unpaired) electrons. The first-order valence-corrected chi connectivity index (χ1v) is 5.63. The molecule has 0 unspecified atom stereocenters. The van der Waals surface area contributed by atoms with Gasteiger partial charge in [0.25, 0.3) is 0 Å². The van der Waals surface area contributed by atoms with Crippen molar-refractivity contribution in [2.24, 2.45) is 0 Å². The molecule has 1 aromatic rings. The summed E-state index contributed by atoms with van der Waals surface area (Å²) in [5.74, 6) is -0.0492. The van der Waals surface area contributed by atoms with Crippen LogP contribution in [0.2, 0.25) is 0 Å². The summed E-state index contributed by atoms with van der Waals surface area (Å²) in [6.45, 7) is 1.89. The third-order valence-electron chi connectivity index (χ3n) is 1.73. The van der Waals surface area contributed by atoms with Crippen molar-refractivity contribution in [2.45, 2.75) is 6.92 Å². The van der Waals surface area contributed by atoms with Gasteiger partial charge in [0.15, 0.2) is 5.01 Å². The molecule has 5 heteroatoms. The van der Waals surface area contributed by atoms with Gasteiger partial charge in [-0.05, 0) is 22.9 Å². The van der Waals surface area contributed by atoms with Gasteiger partial charge in [-0.25, -0.2) is 4.98 Å². The van der Waals surface area contributed by atoms with Crippen LogP contribution in [0.15, 0.2) is 21.8 Å². The van der Waals surface area contributed by atoms with Gasteiger partial charge in [0, 0.05) is 25.9 Å². The van der Waals surface area contributed by atoms with Gasteiger partial charge < -0.3 is 4.90 Å². The molecule has 0 aliphatic rings. The number of rotatable bonds is 3. The highest BCUT2D eigenvalue weighted by molar-refractivity contribution is 9.11. The molecule has 1 rings (SSSR count). The van der Waals surface area contributed by atoms with Crippen LogP contribution < -0.4 is 0 Å². The lowest BCUT2D eigenvalue weighted by Gasteiger charge is -2.11. The highest BCUT2D eigenvalue weighted by Gasteiger charge is 2.08. The molecule has 0 N–H and O–H groups in total. The Labute approximate surface area is 95.6 Å². The molecule has 0 bridgehead atoms. The molecule has 14 heavy (non-hydrogen) atoms. The predicted molar refractivity (Wildman–Crippen MR) is 61.6 cm³/mol. The van der Waals surface area contributed by atoms with Crippen molar-refractivity contribution in [1.29, 1.82) is 0 Å². The molecule has 0 saturated heterocycles. The molecular formula is C9H11BrN2OS. The van der Waals surface area contributed by atoms with Crippen molar-refractivity contribution < 1.29 is 4.79 Å². The molecule has 0 aliphatic carbocycles. The minimum atomic E-state index is -0.0492. The van der Waals surface area contributed by atoms with E-state index in [1.807, 2.05) is 25.9 Å². The van der Waals surface area contributed by atoms with E-state index in [-0.39, 0.29) is 5.78 Å². The van der Waals surface area contributed by atoms with Crippen LogP contribution in [0.4, 0.5) is 0 Å². The number of halogens is 1. The fourth-order valence-corrected chi connectivity index (χ4v) is 1.87. The Hall–Kier alpha value is -0.680. The quantitative estimate of drug-likeness (QED) is 0.628. The van der Waals surface area contributed by atoms with Crippen LogP contribution >= 0.6 is 27.3 Å². The van der Waals surface area contributed by atoms with E-state index in [1.165, 1.54) is 11.3 Å². The summed E-state index contributed by atoms with van der Waals surface area (Å²) in [6.07, 6.45) is 3.22. The number of carbonyl (C=O) groups is 1. The van der Waals surface area contributed by atoms with E-state index in [2.05, 4.69) is 20.9 Å². The lowest BCUT2D eigenvalue weighted by Crippen LogP contribution is -2.10. The summed E-state index contributed by atoms with van der Waals surface area (Å²) in [7, 11) is 3.80. The molecule has 0 saturated carbocycles. The molecular weight excluding hydrogens is 264 g/mol. The van der Waals surface area contributed by atoms with Crippen molar-refractivity contribution in [1.82, 2.24) is 9.88 Å². The second-order valence-electron chi connectivity index (χ2n) is 3.01. The number of hydrogen-bond donors (Lipinski definition) is 0. The lowest BCUT2D eigenvalue weighted by molar-refractivity contribution is 0.104. The second kappa shape index (κ2) is 4.70. The maximum absolute atomic E-state index is 11.6. The van der Waals surface area contributed by atoms with Gasteiger partial charge in [0.05, 0.1) is 9.98 Å². The van der Waals surface area contributed by atoms with Crippen LogP contribution in [0.1, 0.15) is 16.7 Å². The summed E-state index contributed by atoms with van der Waals surface area (Å²) in [4.78, 5) is 17.5. The predicted octanol–water partition coefficient (Wildman–Crippen LogP) is 2.55. The third-order valence-corrected chi connectivity index (χ3v) is 3.22. The Balaban J connectivity index is 2.82. The Kier molecular flexibility index (Phi) is 3.83. The number of hydrogen-bond acceptors (Lipinski definition) is 4. The molecule has 3 nitrogen and oxygen atoms in total. The topological polar surface area (TPSA) is 33.2 Å². The van der Waals surface area contributed by atoms with Crippen LogP contribution in [0, 0.1) is 0 Å². The Morgan fingerprint density at radius 2 is 2.29 bits per heavy atom. The molecule has 0 atom stereocenters. The summed E-state index contributed by atoms with van der Waals surface area (Å²) < 4.78 is 0.872. The van der Waals surface area contributed by atoms with E-state index in [0.717, 1.165) is 9.48 Å². The van der Waals surface area contributed by atoms with E-state index in [9.17, 15) is 4.79 Å². The summed E-state index contributed by atoms with van der Waals surface area (Å²) in [5.41, 5.74) is 0.918. The van der Waals surface area contributed by atoms with E-state index in [4.69, 9.17) is 0 Å². The largest absolute Gasteiger partial charge is 0.381 e. The van der Waals surface area contributed by atoms with Crippen LogP contribution in [-0.2, 0) is 0 Å². The standard InChI is InChI=1S/C9H11BrN2OS/c1-6(12(2)3)4-7(13)9-11-5-8(10)14-9/h4-5H,1-3H3/b6-4+. The van der Waals surface area contributed by atoms with E-state index >= 15 is 0 Å². The first kappa shape index (κ1) is 11.4. The Bertz CT molecular complexity index is 371. The van der Waals surface area contributed by atoms with Crippen LogP contribution in [0.3, 0.4) is 0 Å². The van der Waals surface area contributed by atoms with Crippen LogP contribution in [0.25, 0.3) is 0 Å². The van der Waals surface area contributed by atoms with Crippen molar-refractivity contribution in [3.8, 4) is 0 Å². The molecule has 0 amide bonds. The molecule has 0 spiro atoms. The van der Waals surface area contributed by atoms with E-state index < -0.39 is 0 Å². The van der Waals surface area contributed by atoms with Gasteiger partial charge in [-0.2, -0.15) is 0 Å². The smallest absolute Gasteiger partial charge is 0.216 e. The van der Waals surface area contributed by atoms with Crippen LogP contribution in [-0.4, -0.2) is 29.8 Å². The molecule has 76 valence electrons. The maximum Gasteiger partial charge on any atom is 0.216 e. The summed E-state index contributed by atoms with van der Waals surface area (Å²) in [6, 6.07) is 0. The molecule has 1 heterocycles. The molecule has 0 fully saturated rings. The molecule has 0 aromatic carbocycles. The monoisotopic (exact) mass is 274 g/mol. The summed E-state index contributed by atoms with van der Waals surface area (Å²) in [5, 5.41) is 0.512. The number of allylic oxidation sites excluding steroid dienone is 2. The Morgan fingerprint density at radius 3 is 2.71 bits per heavy atom. The highest BCUT2D eigenvalue weighted by atomic mass is 79.9. The molecule has 0 aliphatic heterocycles. The SMILES string of the molecule is C/C(=C\C(=O)c1ncc(Br)s1)N(C)C. The average Bonchev–Trinajstić information content (AvgIpc) is 2.51. The highest BCUT2D eigenvalue weighted by Crippen LogP contribution is 2.19.